The summed E-state index contributed by atoms with van der Waals surface area (Å²) in [5.74, 6) is 0.555. The molecule has 0 unspecified atom stereocenters. The highest BCUT2D eigenvalue weighted by Crippen LogP contribution is 2.28. The molecular weight excluding hydrogens is 288 g/mol. The van der Waals surface area contributed by atoms with Gasteiger partial charge in [-0.15, -0.1) is 0 Å². The summed E-state index contributed by atoms with van der Waals surface area (Å²) in [5, 5.41) is 12.0. The van der Waals surface area contributed by atoms with E-state index in [1.165, 1.54) is 38.2 Å². The molecule has 116 valence electrons. The Morgan fingerprint density at radius 3 is 2.57 bits per heavy atom. The molecule has 1 saturated carbocycles. The van der Waals surface area contributed by atoms with Crippen LogP contribution in [0.3, 0.4) is 0 Å². The molecule has 6 heteroatoms. The summed E-state index contributed by atoms with van der Waals surface area (Å²) in [4.78, 5) is 0.191. The van der Waals surface area contributed by atoms with E-state index in [-0.39, 0.29) is 10.7 Å². The van der Waals surface area contributed by atoms with Gasteiger partial charge in [-0.25, -0.2) is 8.42 Å². The van der Waals surface area contributed by atoms with Crippen molar-refractivity contribution < 1.29 is 13.6 Å². The summed E-state index contributed by atoms with van der Waals surface area (Å²) >= 11 is 0. The molecule has 1 aromatic carbocycles. The van der Waals surface area contributed by atoms with Crippen molar-refractivity contribution in [2.45, 2.75) is 43.4 Å². The monoisotopic (exact) mass is 310 g/mol. The molecule has 21 heavy (non-hydrogen) atoms. The molecule has 1 aliphatic rings. The van der Waals surface area contributed by atoms with E-state index in [1.54, 1.807) is 12.1 Å². The van der Waals surface area contributed by atoms with Crippen LogP contribution in [0.2, 0.25) is 0 Å². The van der Waals surface area contributed by atoms with E-state index in [4.69, 9.17) is 10.9 Å². The predicted octanol–water partition coefficient (Wildman–Crippen LogP) is 2.31. The molecular formula is C15H22N2O3S. The van der Waals surface area contributed by atoms with E-state index >= 15 is 0 Å². The fraction of sp³-hybridized carbons (Fsp3) is 0.533. The van der Waals surface area contributed by atoms with Crippen molar-refractivity contribution in [3.8, 4) is 0 Å². The largest absolute Gasteiger partial charge is 0.409 e. The third kappa shape index (κ3) is 3.97. The topological polar surface area (TPSA) is 92.8 Å². The third-order valence-corrected chi connectivity index (χ3v) is 5.24. The van der Waals surface area contributed by atoms with E-state index in [0.29, 0.717) is 11.5 Å². The van der Waals surface area contributed by atoms with Crippen molar-refractivity contribution in [2.24, 2.45) is 16.8 Å². The molecule has 0 radical (unpaired) electrons. The second-order valence-electron chi connectivity index (χ2n) is 5.78. The normalized spacial score (nSPS) is 17.9. The Bertz CT molecular complexity index is 632. The van der Waals surface area contributed by atoms with Crippen LogP contribution >= 0.6 is 0 Å². The minimum atomic E-state index is -3.31. The van der Waals surface area contributed by atoms with Gasteiger partial charge in [-0.3, -0.25) is 0 Å². The van der Waals surface area contributed by atoms with Gasteiger partial charge in [0, 0.05) is 11.8 Å². The van der Waals surface area contributed by atoms with Gasteiger partial charge in [0.15, 0.2) is 15.7 Å². The van der Waals surface area contributed by atoms with Gasteiger partial charge in [-0.2, -0.15) is 0 Å². The van der Waals surface area contributed by atoms with Gasteiger partial charge in [0.25, 0.3) is 0 Å². The number of nitrogens with two attached hydrogens (primary N) is 1. The number of hydrogen-bond acceptors (Lipinski definition) is 4. The Morgan fingerprint density at radius 1 is 1.33 bits per heavy atom. The fourth-order valence-corrected chi connectivity index (χ4v) is 3.61. The SMILES string of the molecule is CS(=O)(=O)c1ccc(CC2CCCCC2)c(/C(N)=N/O)c1. The lowest BCUT2D eigenvalue weighted by Crippen LogP contribution is -2.19. The van der Waals surface area contributed by atoms with Crippen molar-refractivity contribution >= 4 is 15.7 Å². The van der Waals surface area contributed by atoms with Gasteiger partial charge in [0.05, 0.1) is 4.90 Å². The Morgan fingerprint density at radius 2 is 2.00 bits per heavy atom. The zero-order valence-corrected chi connectivity index (χ0v) is 13.1. The average molecular weight is 310 g/mol. The first-order valence-corrected chi connectivity index (χ1v) is 9.12. The van der Waals surface area contributed by atoms with E-state index in [0.717, 1.165) is 18.2 Å². The van der Waals surface area contributed by atoms with Crippen LogP contribution < -0.4 is 5.73 Å². The lowest BCUT2D eigenvalue weighted by Gasteiger charge is -2.22. The molecule has 1 aromatic rings. The fourth-order valence-electron chi connectivity index (χ4n) is 2.96. The van der Waals surface area contributed by atoms with Crippen LogP contribution in [0.4, 0.5) is 0 Å². The first-order chi connectivity index (χ1) is 9.91. The summed E-state index contributed by atoms with van der Waals surface area (Å²) in [7, 11) is -3.31. The zero-order valence-electron chi connectivity index (χ0n) is 12.2. The molecule has 0 spiro atoms. The van der Waals surface area contributed by atoms with Crippen molar-refractivity contribution in [1.82, 2.24) is 0 Å². The number of amidine groups is 1. The molecule has 2 rings (SSSR count). The molecule has 1 fully saturated rings. The van der Waals surface area contributed by atoms with Crippen molar-refractivity contribution in [3.05, 3.63) is 29.3 Å². The number of benzene rings is 1. The van der Waals surface area contributed by atoms with Crippen LogP contribution in [0.5, 0.6) is 0 Å². The highest BCUT2D eigenvalue weighted by Gasteiger charge is 2.18. The number of hydrogen-bond donors (Lipinski definition) is 2. The van der Waals surface area contributed by atoms with Gasteiger partial charge < -0.3 is 10.9 Å². The minimum Gasteiger partial charge on any atom is -0.409 e. The van der Waals surface area contributed by atoms with E-state index in [1.807, 2.05) is 0 Å². The summed E-state index contributed by atoms with van der Waals surface area (Å²) < 4.78 is 23.3. The number of oxime groups is 1. The van der Waals surface area contributed by atoms with Gasteiger partial charge in [-0.05, 0) is 30.0 Å². The van der Waals surface area contributed by atoms with E-state index in [2.05, 4.69) is 5.16 Å². The predicted molar refractivity (Wildman–Crippen MR) is 82.3 cm³/mol. The second-order valence-corrected chi connectivity index (χ2v) is 7.80. The molecule has 0 heterocycles. The van der Waals surface area contributed by atoms with Crippen LogP contribution in [0, 0.1) is 5.92 Å². The minimum absolute atomic E-state index is 0.0358. The second kappa shape index (κ2) is 6.47. The standard InChI is InChI=1S/C15H22N2O3S/c1-21(19,20)13-8-7-12(14(10-13)15(16)17-18)9-11-5-3-2-4-6-11/h7-8,10-11,18H,2-6,9H2,1H3,(H2,16,17). The number of nitrogens with zero attached hydrogens (tertiary/aromatic N) is 1. The van der Waals surface area contributed by atoms with Crippen molar-refractivity contribution in [1.29, 1.82) is 0 Å². The molecule has 5 nitrogen and oxygen atoms in total. The van der Waals surface area contributed by atoms with Gasteiger partial charge in [-0.1, -0.05) is 43.3 Å². The lowest BCUT2D eigenvalue weighted by molar-refractivity contribution is 0.318. The van der Waals surface area contributed by atoms with Crippen molar-refractivity contribution in [2.75, 3.05) is 6.26 Å². The third-order valence-electron chi connectivity index (χ3n) is 4.13. The first kappa shape index (κ1) is 15.8. The van der Waals surface area contributed by atoms with Gasteiger partial charge in [0.1, 0.15) is 0 Å². The summed E-state index contributed by atoms with van der Waals surface area (Å²) in [6, 6.07) is 4.89. The molecule has 1 aliphatic carbocycles. The molecule has 3 N–H and O–H groups in total. The lowest BCUT2D eigenvalue weighted by atomic mass is 9.84. The van der Waals surface area contributed by atoms with Crippen molar-refractivity contribution in [3.63, 3.8) is 0 Å². The maximum absolute atomic E-state index is 11.7. The number of rotatable bonds is 4. The smallest absolute Gasteiger partial charge is 0.175 e. The Labute approximate surface area is 125 Å². The molecule has 0 atom stereocenters. The van der Waals surface area contributed by atoms with E-state index in [9.17, 15) is 8.42 Å². The molecule has 0 amide bonds. The summed E-state index contributed by atoms with van der Waals surface area (Å²) in [5.41, 5.74) is 7.19. The quantitative estimate of drug-likeness (QED) is 0.386. The maximum atomic E-state index is 11.7. The Kier molecular flexibility index (Phi) is 4.88. The Balaban J connectivity index is 2.35. The number of sulfone groups is 1. The molecule has 0 bridgehead atoms. The van der Waals surface area contributed by atoms with Crippen LogP contribution in [0.1, 0.15) is 43.2 Å². The van der Waals surface area contributed by atoms with Gasteiger partial charge >= 0.3 is 0 Å². The van der Waals surface area contributed by atoms with Gasteiger partial charge in [0.2, 0.25) is 0 Å². The molecule has 0 aromatic heterocycles. The van der Waals surface area contributed by atoms with Crippen LogP contribution in [-0.2, 0) is 16.3 Å². The first-order valence-electron chi connectivity index (χ1n) is 7.22. The highest BCUT2D eigenvalue weighted by molar-refractivity contribution is 7.90. The summed E-state index contributed by atoms with van der Waals surface area (Å²) in [6.45, 7) is 0. The highest BCUT2D eigenvalue weighted by atomic mass is 32.2. The molecule has 0 saturated heterocycles. The van der Waals surface area contributed by atoms with Crippen LogP contribution in [0.15, 0.2) is 28.3 Å². The Hall–Kier alpha value is -1.56. The zero-order chi connectivity index (χ0) is 15.5. The van der Waals surface area contributed by atoms with Crippen LogP contribution in [-0.4, -0.2) is 25.7 Å². The molecule has 0 aliphatic heterocycles. The average Bonchev–Trinajstić information content (AvgIpc) is 2.47. The van der Waals surface area contributed by atoms with E-state index < -0.39 is 9.84 Å². The van der Waals surface area contributed by atoms with Crippen LogP contribution in [0.25, 0.3) is 0 Å². The maximum Gasteiger partial charge on any atom is 0.175 e. The summed E-state index contributed by atoms with van der Waals surface area (Å²) in [6.07, 6.45) is 8.13.